The second-order valence-electron chi connectivity index (χ2n) is 4.31. The van der Waals surface area contributed by atoms with Gasteiger partial charge in [0, 0.05) is 4.90 Å². The molecule has 0 atom stereocenters. The first kappa shape index (κ1) is 15.3. The topological polar surface area (TPSA) is 55.8 Å². The van der Waals surface area contributed by atoms with Crippen molar-refractivity contribution in [3.63, 3.8) is 0 Å². The van der Waals surface area contributed by atoms with E-state index in [-0.39, 0.29) is 5.56 Å². The molecule has 0 radical (unpaired) electrons. The summed E-state index contributed by atoms with van der Waals surface area (Å²) in [5.74, 6) is -0.0559. The highest BCUT2D eigenvalue weighted by molar-refractivity contribution is 7.98. The van der Waals surface area contributed by atoms with Gasteiger partial charge < -0.3 is 14.6 Å². The predicted octanol–water partition coefficient (Wildman–Crippen LogP) is 3.69. The van der Waals surface area contributed by atoms with Gasteiger partial charge in [0.1, 0.15) is 6.61 Å². The number of benzene rings is 2. The molecule has 0 heterocycles. The van der Waals surface area contributed by atoms with E-state index in [1.165, 1.54) is 24.1 Å². The minimum absolute atomic E-state index is 0.170. The van der Waals surface area contributed by atoms with Gasteiger partial charge in [0.25, 0.3) is 0 Å². The van der Waals surface area contributed by atoms with E-state index in [2.05, 4.69) is 0 Å². The second-order valence-corrected chi connectivity index (χ2v) is 5.19. The molecule has 0 spiro atoms. The number of methoxy groups -OCH3 is 1. The molecule has 0 saturated heterocycles. The number of hydrogen-bond acceptors (Lipinski definition) is 4. The van der Waals surface area contributed by atoms with Gasteiger partial charge in [-0.1, -0.05) is 12.1 Å². The van der Waals surface area contributed by atoms with Gasteiger partial charge in [-0.2, -0.15) is 0 Å². The molecule has 0 aliphatic rings. The molecule has 0 fully saturated rings. The van der Waals surface area contributed by atoms with Crippen LogP contribution in [0, 0.1) is 0 Å². The Balaban J connectivity index is 2.09. The molecule has 110 valence electrons. The quantitative estimate of drug-likeness (QED) is 0.825. The van der Waals surface area contributed by atoms with Crippen molar-refractivity contribution in [3.05, 3.63) is 53.6 Å². The minimum Gasteiger partial charge on any atom is -0.493 e. The molecule has 4 nitrogen and oxygen atoms in total. The molecule has 0 bridgehead atoms. The van der Waals surface area contributed by atoms with Crippen LogP contribution < -0.4 is 9.47 Å². The maximum Gasteiger partial charge on any atom is 0.335 e. The van der Waals surface area contributed by atoms with Gasteiger partial charge in [0.2, 0.25) is 0 Å². The van der Waals surface area contributed by atoms with E-state index in [4.69, 9.17) is 14.6 Å². The summed E-state index contributed by atoms with van der Waals surface area (Å²) in [7, 11) is 1.49. The van der Waals surface area contributed by atoms with Crippen molar-refractivity contribution in [1.29, 1.82) is 0 Å². The summed E-state index contributed by atoms with van der Waals surface area (Å²) in [6, 6.07) is 12.6. The molecule has 1 N–H and O–H groups in total. The third-order valence-electron chi connectivity index (χ3n) is 2.96. The number of carboxylic acids is 1. The Labute approximate surface area is 127 Å². The lowest BCUT2D eigenvalue weighted by atomic mass is 10.2. The molecule has 2 aromatic carbocycles. The van der Waals surface area contributed by atoms with Gasteiger partial charge in [-0.15, -0.1) is 11.8 Å². The highest BCUT2D eigenvalue weighted by Crippen LogP contribution is 2.29. The van der Waals surface area contributed by atoms with Crippen molar-refractivity contribution in [1.82, 2.24) is 0 Å². The van der Waals surface area contributed by atoms with Gasteiger partial charge in [-0.05, 0) is 42.2 Å². The third-order valence-corrected chi connectivity index (χ3v) is 3.71. The van der Waals surface area contributed by atoms with Crippen molar-refractivity contribution < 1.29 is 19.4 Å². The van der Waals surface area contributed by atoms with E-state index < -0.39 is 5.97 Å². The fraction of sp³-hybridized carbons (Fsp3) is 0.188. The Hall–Kier alpha value is -2.14. The van der Waals surface area contributed by atoms with Crippen LogP contribution in [-0.4, -0.2) is 24.4 Å². The van der Waals surface area contributed by atoms with Crippen LogP contribution in [0.5, 0.6) is 11.5 Å². The first-order valence-corrected chi connectivity index (χ1v) is 7.53. The largest absolute Gasteiger partial charge is 0.493 e. The summed E-state index contributed by atoms with van der Waals surface area (Å²) in [5.41, 5.74) is 1.21. The summed E-state index contributed by atoms with van der Waals surface area (Å²) in [4.78, 5) is 12.1. The molecule has 2 rings (SSSR count). The van der Waals surface area contributed by atoms with Crippen LogP contribution >= 0.6 is 11.8 Å². The van der Waals surface area contributed by atoms with Crippen LogP contribution in [0.15, 0.2) is 47.4 Å². The fourth-order valence-electron chi connectivity index (χ4n) is 1.80. The minimum atomic E-state index is -0.993. The number of aromatic carboxylic acids is 1. The van der Waals surface area contributed by atoms with Gasteiger partial charge in [-0.25, -0.2) is 4.79 Å². The first-order chi connectivity index (χ1) is 10.1. The lowest BCUT2D eigenvalue weighted by molar-refractivity contribution is 0.0696. The summed E-state index contributed by atoms with van der Waals surface area (Å²) in [6.45, 7) is 0.400. The molecule has 0 aliphatic heterocycles. The van der Waals surface area contributed by atoms with Crippen molar-refractivity contribution in [2.24, 2.45) is 0 Å². The highest BCUT2D eigenvalue weighted by atomic mass is 32.2. The zero-order valence-electron chi connectivity index (χ0n) is 11.8. The van der Waals surface area contributed by atoms with Crippen LogP contribution in [0.25, 0.3) is 0 Å². The Kier molecular flexibility index (Phi) is 5.11. The number of carbonyl (C=O) groups is 1. The summed E-state index contributed by atoms with van der Waals surface area (Å²) in [6.07, 6.45) is 2.03. The zero-order valence-corrected chi connectivity index (χ0v) is 12.6. The Morgan fingerprint density at radius 1 is 1.14 bits per heavy atom. The molecule has 0 aromatic heterocycles. The van der Waals surface area contributed by atoms with E-state index in [0.29, 0.717) is 18.1 Å². The molecule has 2 aromatic rings. The van der Waals surface area contributed by atoms with Crippen molar-refractivity contribution >= 4 is 17.7 Å². The normalized spacial score (nSPS) is 10.2. The zero-order chi connectivity index (χ0) is 15.2. The Morgan fingerprint density at radius 3 is 2.43 bits per heavy atom. The number of ether oxygens (including phenoxy) is 2. The first-order valence-electron chi connectivity index (χ1n) is 6.31. The number of rotatable bonds is 6. The van der Waals surface area contributed by atoms with E-state index >= 15 is 0 Å². The summed E-state index contributed by atoms with van der Waals surface area (Å²) >= 11 is 1.69. The maximum atomic E-state index is 10.9. The lowest BCUT2D eigenvalue weighted by Gasteiger charge is -2.11. The van der Waals surface area contributed by atoms with Crippen LogP contribution in [0.2, 0.25) is 0 Å². The molecule has 0 saturated carbocycles. The fourth-order valence-corrected chi connectivity index (χ4v) is 2.21. The molecule has 0 unspecified atom stereocenters. The Morgan fingerprint density at radius 2 is 1.86 bits per heavy atom. The molecule has 0 amide bonds. The standard InChI is InChI=1S/C16H16O4S/c1-19-15-9-12(16(17)18)5-8-14(15)20-10-11-3-6-13(21-2)7-4-11/h3-9H,10H2,1-2H3,(H,17,18). The third kappa shape index (κ3) is 3.92. The average Bonchev–Trinajstić information content (AvgIpc) is 2.53. The van der Waals surface area contributed by atoms with Crippen molar-refractivity contribution in [2.75, 3.05) is 13.4 Å². The summed E-state index contributed by atoms with van der Waals surface area (Å²) < 4.78 is 10.9. The van der Waals surface area contributed by atoms with Gasteiger partial charge in [0.15, 0.2) is 11.5 Å². The molecule has 0 aliphatic carbocycles. The maximum absolute atomic E-state index is 10.9. The van der Waals surface area contributed by atoms with Gasteiger partial charge in [-0.3, -0.25) is 0 Å². The molecular weight excluding hydrogens is 288 g/mol. The van der Waals surface area contributed by atoms with Crippen LogP contribution in [0.1, 0.15) is 15.9 Å². The van der Waals surface area contributed by atoms with E-state index in [1.807, 2.05) is 30.5 Å². The highest BCUT2D eigenvalue weighted by Gasteiger charge is 2.10. The van der Waals surface area contributed by atoms with Crippen molar-refractivity contribution in [2.45, 2.75) is 11.5 Å². The monoisotopic (exact) mass is 304 g/mol. The predicted molar refractivity (Wildman–Crippen MR) is 82.5 cm³/mol. The van der Waals surface area contributed by atoms with Gasteiger partial charge in [0.05, 0.1) is 12.7 Å². The Bertz CT molecular complexity index is 623. The number of carboxylic acid groups (broad SMARTS) is 1. The molecular formula is C16H16O4S. The van der Waals surface area contributed by atoms with Gasteiger partial charge >= 0.3 is 5.97 Å². The molecule has 21 heavy (non-hydrogen) atoms. The average molecular weight is 304 g/mol. The number of hydrogen-bond donors (Lipinski definition) is 1. The molecule has 5 heteroatoms. The van der Waals surface area contributed by atoms with Crippen molar-refractivity contribution in [3.8, 4) is 11.5 Å². The SMILES string of the molecule is COc1cc(C(=O)O)ccc1OCc1ccc(SC)cc1. The second kappa shape index (κ2) is 7.04. The van der Waals surface area contributed by atoms with Crippen LogP contribution in [0.3, 0.4) is 0 Å². The van der Waals surface area contributed by atoms with E-state index in [0.717, 1.165) is 5.56 Å². The van der Waals surface area contributed by atoms with E-state index in [1.54, 1.807) is 17.8 Å². The smallest absolute Gasteiger partial charge is 0.335 e. The van der Waals surface area contributed by atoms with E-state index in [9.17, 15) is 4.79 Å². The number of thioether (sulfide) groups is 1. The summed E-state index contributed by atoms with van der Waals surface area (Å²) in [5, 5.41) is 8.95. The lowest BCUT2D eigenvalue weighted by Crippen LogP contribution is -2.01. The van der Waals surface area contributed by atoms with Crippen LogP contribution in [-0.2, 0) is 6.61 Å². The van der Waals surface area contributed by atoms with Crippen LogP contribution in [0.4, 0.5) is 0 Å².